The Morgan fingerprint density at radius 1 is 1.21 bits per heavy atom. The summed E-state index contributed by atoms with van der Waals surface area (Å²) in [5, 5.41) is 3.44. The lowest BCUT2D eigenvalue weighted by Crippen LogP contribution is -2.26. The van der Waals surface area contributed by atoms with Crippen molar-refractivity contribution in [2.24, 2.45) is 0 Å². The average molecular weight is 259 g/mol. The first-order valence-electron chi connectivity index (χ1n) is 6.66. The van der Waals surface area contributed by atoms with Crippen LogP contribution in [-0.2, 0) is 11.2 Å². The number of benzene rings is 1. The van der Waals surface area contributed by atoms with E-state index in [1.807, 2.05) is 12.3 Å². The van der Waals surface area contributed by atoms with E-state index in [1.165, 1.54) is 11.1 Å². The van der Waals surface area contributed by atoms with Crippen LogP contribution in [0.5, 0.6) is 0 Å². The summed E-state index contributed by atoms with van der Waals surface area (Å²) in [6.07, 6.45) is 4.54. The largest absolute Gasteiger partial charge is 0.472 e. The first kappa shape index (κ1) is 13.8. The molecule has 0 saturated carbocycles. The van der Waals surface area contributed by atoms with Gasteiger partial charge in [0.2, 0.25) is 0 Å². The van der Waals surface area contributed by atoms with Gasteiger partial charge in [0.25, 0.3) is 0 Å². The smallest absolute Gasteiger partial charge is 0.0934 e. The van der Waals surface area contributed by atoms with E-state index in [4.69, 9.17) is 9.15 Å². The molecule has 1 N–H and O–H groups in total. The number of furan rings is 1. The molecule has 0 aliphatic carbocycles. The third-order valence-corrected chi connectivity index (χ3v) is 3.21. The van der Waals surface area contributed by atoms with E-state index >= 15 is 0 Å². The first-order chi connectivity index (χ1) is 9.40. The van der Waals surface area contributed by atoms with Crippen LogP contribution >= 0.6 is 0 Å². The van der Waals surface area contributed by atoms with Gasteiger partial charge in [-0.15, -0.1) is 0 Å². The average Bonchev–Trinajstić information content (AvgIpc) is 2.96. The van der Waals surface area contributed by atoms with Crippen molar-refractivity contribution >= 4 is 0 Å². The molecule has 0 spiro atoms. The third-order valence-electron chi connectivity index (χ3n) is 3.21. The molecule has 0 aliphatic rings. The fraction of sp³-hybridized carbons (Fsp3) is 0.375. The fourth-order valence-electron chi connectivity index (χ4n) is 2.18. The number of rotatable bonds is 8. The van der Waals surface area contributed by atoms with Crippen molar-refractivity contribution in [2.45, 2.75) is 12.3 Å². The molecule has 1 aromatic carbocycles. The van der Waals surface area contributed by atoms with Gasteiger partial charge in [-0.2, -0.15) is 0 Å². The van der Waals surface area contributed by atoms with E-state index in [0.717, 1.165) is 26.1 Å². The maximum atomic E-state index is 5.15. The highest BCUT2D eigenvalue weighted by atomic mass is 16.5. The quantitative estimate of drug-likeness (QED) is 0.740. The molecule has 0 amide bonds. The van der Waals surface area contributed by atoms with E-state index in [2.05, 4.69) is 35.6 Å². The molecule has 0 fully saturated rings. The highest BCUT2D eigenvalue weighted by Crippen LogP contribution is 2.20. The first-order valence-corrected chi connectivity index (χ1v) is 6.66. The standard InChI is InChI=1S/C16H21NO2/c1-18-10-8-17-12-16(11-14-7-9-19-13-14)15-5-3-2-4-6-15/h2-7,9,13,16-17H,8,10-12H2,1H3. The normalized spacial score (nSPS) is 12.5. The minimum Gasteiger partial charge on any atom is -0.472 e. The Morgan fingerprint density at radius 2 is 2.05 bits per heavy atom. The Kier molecular flexibility index (Phi) is 5.66. The number of nitrogens with one attached hydrogen (secondary N) is 1. The molecule has 0 bridgehead atoms. The molecule has 102 valence electrons. The molecule has 3 nitrogen and oxygen atoms in total. The van der Waals surface area contributed by atoms with Crippen LogP contribution in [0.25, 0.3) is 0 Å². The van der Waals surface area contributed by atoms with Crippen LogP contribution in [0.3, 0.4) is 0 Å². The lowest BCUT2D eigenvalue weighted by atomic mass is 9.93. The molecule has 0 radical (unpaired) electrons. The van der Waals surface area contributed by atoms with E-state index in [-0.39, 0.29) is 0 Å². The maximum Gasteiger partial charge on any atom is 0.0934 e. The van der Waals surface area contributed by atoms with Crippen LogP contribution in [0.1, 0.15) is 17.0 Å². The van der Waals surface area contributed by atoms with Crippen molar-refractivity contribution in [1.29, 1.82) is 0 Å². The topological polar surface area (TPSA) is 34.4 Å². The second-order valence-electron chi connectivity index (χ2n) is 4.64. The number of methoxy groups -OCH3 is 1. The van der Waals surface area contributed by atoms with Gasteiger partial charge in [-0.3, -0.25) is 0 Å². The van der Waals surface area contributed by atoms with E-state index < -0.39 is 0 Å². The predicted octanol–water partition coefficient (Wildman–Crippen LogP) is 2.84. The summed E-state index contributed by atoms with van der Waals surface area (Å²) < 4.78 is 10.2. The van der Waals surface area contributed by atoms with Crippen molar-refractivity contribution in [2.75, 3.05) is 26.8 Å². The zero-order chi connectivity index (χ0) is 13.3. The summed E-state index contributed by atoms with van der Waals surface area (Å²) in [5.74, 6) is 0.454. The summed E-state index contributed by atoms with van der Waals surface area (Å²) in [6.45, 7) is 2.57. The fourth-order valence-corrected chi connectivity index (χ4v) is 2.18. The molecule has 2 aromatic rings. The number of hydrogen-bond acceptors (Lipinski definition) is 3. The van der Waals surface area contributed by atoms with Crippen molar-refractivity contribution < 1.29 is 9.15 Å². The summed E-state index contributed by atoms with van der Waals surface area (Å²) >= 11 is 0. The Hall–Kier alpha value is -1.58. The SMILES string of the molecule is COCCNCC(Cc1ccoc1)c1ccccc1. The highest BCUT2D eigenvalue weighted by molar-refractivity contribution is 5.23. The van der Waals surface area contributed by atoms with Crippen molar-refractivity contribution in [3.63, 3.8) is 0 Å². The minimum absolute atomic E-state index is 0.454. The molecular formula is C16H21NO2. The monoisotopic (exact) mass is 259 g/mol. The van der Waals surface area contributed by atoms with Gasteiger partial charge in [0, 0.05) is 26.1 Å². The molecule has 1 heterocycles. The van der Waals surface area contributed by atoms with Crippen LogP contribution in [0.2, 0.25) is 0 Å². The summed E-state index contributed by atoms with van der Waals surface area (Å²) in [4.78, 5) is 0. The van der Waals surface area contributed by atoms with Gasteiger partial charge < -0.3 is 14.5 Å². The predicted molar refractivity (Wildman–Crippen MR) is 76.3 cm³/mol. The van der Waals surface area contributed by atoms with Gasteiger partial charge in [-0.05, 0) is 23.6 Å². The van der Waals surface area contributed by atoms with E-state index in [1.54, 1.807) is 13.4 Å². The Labute approximate surface area is 114 Å². The maximum absolute atomic E-state index is 5.15. The van der Waals surface area contributed by atoms with Crippen LogP contribution in [-0.4, -0.2) is 26.8 Å². The Morgan fingerprint density at radius 3 is 2.74 bits per heavy atom. The third kappa shape index (κ3) is 4.54. The van der Waals surface area contributed by atoms with Gasteiger partial charge in [-0.25, -0.2) is 0 Å². The van der Waals surface area contributed by atoms with Gasteiger partial charge in [0.15, 0.2) is 0 Å². The number of hydrogen-bond donors (Lipinski definition) is 1. The molecule has 1 atom stereocenters. The lowest BCUT2D eigenvalue weighted by Gasteiger charge is -2.17. The van der Waals surface area contributed by atoms with E-state index in [0.29, 0.717) is 5.92 Å². The molecule has 1 aromatic heterocycles. The molecular weight excluding hydrogens is 238 g/mol. The van der Waals surface area contributed by atoms with Crippen molar-refractivity contribution in [3.8, 4) is 0 Å². The Bertz CT molecular complexity index is 439. The molecule has 2 rings (SSSR count). The van der Waals surface area contributed by atoms with Crippen molar-refractivity contribution in [1.82, 2.24) is 5.32 Å². The van der Waals surface area contributed by atoms with Gasteiger partial charge in [-0.1, -0.05) is 30.3 Å². The lowest BCUT2D eigenvalue weighted by molar-refractivity contribution is 0.199. The zero-order valence-corrected chi connectivity index (χ0v) is 11.3. The molecule has 3 heteroatoms. The van der Waals surface area contributed by atoms with Gasteiger partial charge in [0.05, 0.1) is 19.1 Å². The molecule has 0 aliphatic heterocycles. The highest BCUT2D eigenvalue weighted by Gasteiger charge is 2.12. The second kappa shape index (κ2) is 7.77. The summed E-state index contributed by atoms with van der Waals surface area (Å²) in [7, 11) is 1.72. The van der Waals surface area contributed by atoms with Crippen LogP contribution < -0.4 is 5.32 Å². The number of ether oxygens (including phenoxy) is 1. The van der Waals surface area contributed by atoms with Gasteiger partial charge in [0.1, 0.15) is 0 Å². The van der Waals surface area contributed by atoms with Gasteiger partial charge >= 0.3 is 0 Å². The Balaban J connectivity index is 1.96. The van der Waals surface area contributed by atoms with Crippen LogP contribution in [0.4, 0.5) is 0 Å². The van der Waals surface area contributed by atoms with Crippen molar-refractivity contribution in [3.05, 3.63) is 60.1 Å². The molecule has 19 heavy (non-hydrogen) atoms. The van der Waals surface area contributed by atoms with E-state index in [9.17, 15) is 0 Å². The second-order valence-corrected chi connectivity index (χ2v) is 4.64. The summed E-state index contributed by atoms with van der Waals surface area (Å²) in [6, 6.07) is 12.6. The minimum atomic E-state index is 0.454. The van der Waals surface area contributed by atoms with Crippen LogP contribution in [0.15, 0.2) is 53.3 Å². The summed E-state index contributed by atoms with van der Waals surface area (Å²) in [5.41, 5.74) is 2.59. The van der Waals surface area contributed by atoms with Crippen LogP contribution in [0, 0.1) is 0 Å². The molecule has 1 unspecified atom stereocenters. The molecule has 0 saturated heterocycles. The zero-order valence-electron chi connectivity index (χ0n) is 11.3.